The second-order valence-electron chi connectivity index (χ2n) is 4.52. The summed E-state index contributed by atoms with van der Waals surface area (Å²) in [6.45, 7) is 0.815. The van der Waals surface area contributed by atoms with Gasteiger partial charge in [0.15, 0.2) is 0 Å². The molecule has 0 spiro atoms. The van der Waals surface area contributed by atoms with E-state index in [9.17, 15) is 0 Å². The SMILES string of the molecule is ClCc1cc(OCC2CC2)c2ccccc2n1. The van der Waals surface area contributed by atoms with Crippen molar-refractivity contribution in [3.63, 3.8) is 0 Å². The first kappa shape index (κ1) is 10.8. The zero-order valence-corrected chi connectivity index (χ0v) is 10.3. The molecule has 0 amide bonds. The van der Waals surface area contributed by atoms with Crippen LogP contribution in [0.25, 0.3) is 10.9 Å². The summed E-state index contributed by atoms with van der Waals surface area (Å²) >= 11 is 5.86. The van der Waals surface area contributed by atoms with E-state index in [0.717, 1.165) is 34.9 Å². The summed E-state index contributed by atoms with van der Waals surface area (Å²) in [6.07, 6.45) is 2.59. The molecule has 88 valence electrons. The Morgan fingerprint density at radius 3 is 2.88 bits per heavy atom. The van der Waals surface area contributed by atoms with Gasteiger partial charge in [0.1, 0.15) is 5.75 Å². The van der Waals surface area contributed by atoms with Crippen LogP contribution in [0.15, 0.2) is 30.3 Å². The number of hydrogen-bond acceptors (Lipinski definition) is 2. The molecule has 0 bridgehead atoms. The molecule has 0 radical (unpaired) electrons. The van der Waals surface area contributed by atoms with Crippen molar-refractivity contribution in [3.05, 3.63) is 36.0 Å². The summed E-state index contributed by atoms with van der Waals surface area (Å²) in [4.78, 5) is 4.49. The third kappa shape index (κ3) is 2.37. The number of ether oxygens (including phenoxy) is 1. The zero-order valence-electron chi connectivity index (χ0n) is 9.53. The van der Waals surface area contributed by atoms with Crippen LogP contribution < -0.4 is 4.74 Å². The molecule has 1 aliphatic rings. The molecule has 1 saturated carbocycles. The highest BCUT2D eigenvalue weighted by Gasteiger charge is 2.22. The number of nitrogens with zero attached hydrogens (tertiary/aromatic N) is 1. The third-order valence-corrected chi connectivity index (χ3v) is 3.31. The Morgan fingerprint density at radius 2 is 2.12 bits per heavy atom. The lowest BCUT2D eigenvalue weighted by atomic mass is 10.2. The highest BCUT2D eigenvalue weighted by molar-refractivity contribution is 6.17. The van der Waals surface area contributed by atoms with Gasteiger partial charge in [-0.15, -0.1) is 11.6 Å². The molecule has 0 saturated heterocycles. The van der Waals surface area contributed by atoms with Gasteiger partial charge < -0.3 is 4.74 Å². The summed E-state index contributed by atoms with van der Waals surface area (Å²) in [5, 5.41) is 1.07. The van der Waals surface area contributed by atoms with Gasteiger partial charge in [0.2, 0.25) is 0 Å². The molecule has 0 N–H and O–H groups in total. The van der Waals surface area contributed by atoms with Crippen LogP contribution in [0, 0.1) is 5.92 Å². The van der Waals surface area contributed by atoms with E-state index >= 15 is 0 Å². The van der Waals surface area contributed by atoms with Crippen molar-refractivity contribution >= 4 is 22.5 Å². The highest BCUT2D eigenvalue weighted by atomic mass is 35.5. The number of para-hydroxylation sites is 1. The lowest BCUT2D eigenvalue weighted by molar-refractivity contribution is 0.303. The van der Waals surface area contributed by atoms with Crippen molar-refractivity contribution in [1.82, 2.24) is 4.98 Å². The lowest BCUT2D eigenvalue weighted by Crippen LogP contribution is -2.01. The molecule has 0 unspecified atom stereocenters. The highest BCUT2D eigenvalue weighted by Crippen LogP contribution is 2.32. The molecular weight excluding hydrogens is 234 g/mol. The van der Waals surface area contributed by atoms with E-state index in [0.29, 0.717) is 5.88 Å². The average Bonchev–Trinajstić information content (AvgIpc) is 3.19. The molecule has 2 aromatic rings. The van der Waals surface area contributed by atoms with Gasteiger partial charge >= 0.3 is 0 Å². The van der Waals surface area contributed by atoms with Crippen LogP contribution in [-0.2, 0) is 5.88 Å². The maximum Gasteiger partial charge on any atom is 0.130 e. The number of alkyl halides is 1. The number of hydrogen-bond donors (Lipinski definition) is 0. The Kier molecular flexibility index (Phi) is 2.89. The minimum Gasteiger partial charge on any atom is -0.493 e. The van der Waals surface area contributed by atoms with Crippen LogP contribution in [0.4, 0.5) is 0 Å². The van der Waals surface area contributed by atoms with E-state index in [2.05, 4.69) is 4.98 Å². The predicted molar refractivity (Wildman–Crippen MR) is 69.5 cm³/mol. The Labute approximate surface area is 106 Å². The van der Waals surface area contributed by atoms with E-state index in [-0.39, 0.29) is 0 Å². The fraction of sp³-hybridized carbons (Fsp3) is 0.357. The fourth-order valence-electron chi connectivity index (χ4n) is 1.88. The molecular formula is C14H14ClNO. The molecule has 17 heavy (non-hydrogen) atoms. The molecule has 2 nitrogen and oxygen atoms in total. The predicted octanol–water partition coefficient (Wildman–Crippen LogP) is 3.76. The van der Waals surface area contributed by atoms with Gasteiger partial charge in [-0.1, -0.05) is 12.1 Å². The van der Waals surface area contributed by atoms with Crippen molar-refractivity contribution in [2.24, 2.45) is 5.92 Å². The van der Waals surface area contributed by atoms with E-state index < -0.39 is 0 Å². The van der Waals surface area contributed by atoms with Gasteiger partial charge in [0.25, 0.3) is 0 Å². The van der Waals surface area contributed by atoms with E-state index in [4.69, 9.17) is 16.3 Å². The lowest BCUT2D eigenvalue weighted by Gasteiger charge is -2.10. The number of fused-ring (bicyclic) bond motifs is 1. The van der Waals surface area contributed by atoms with Crippen LogP contribution in [0.2, 0.25) is 0 Å². The third-order valence-electron chi connectivity index (χ3n) is 3.04. The van der Waals surface area contributed by atoms with Crippen molar-refractivity contribution < 1.29 is 4.74 Å². The minimum atomic E-state index is 0.421. The summed E-state index contributed by atoms with van der Waals surface area (Å²) in [6, 6.07) is 9.99. The molecule has 1 aromatic heterocycles. The second-order valence-corrected chi connectivity index (χ2v) is 4.78. The Bertz CT molecular complexity index is 537. The van der Waals surface area contributed by atoms with Gasteiger partial charge in [-0.2, -0.15) is 0 Å². The van der Waals surface area contributed by atoms with E-state index in [1.54, 1.807) is 0 Å². The van der Waals surface area contributed by atoms with Crippen LogP contribution >= 0.6 is 11.6 Å². The van der Waals surface area contributed by atoms with Crippen molar-refractivity contribution in [2.45, 2.75) is 18.7 Å². The van der Waals surface area contributed by atoms with Crippen LogP contribution in [0.1, 0.15) is 18.5 Å². The van der Waals surface area contributed by atoms with Crippen molar-refractivity contribution in [1.29, 1.82) is 0 Å². The molecule has 3 rings (SSSR count). The molecule has 1 aromatic carbocycles. The standard InChI is InChI=1S/C14H14ClNO/c15-8-11-7-14(17-9-10-5-6-10)12-3-1-2-4-13(12)16-11/h1-4,7,10H,5-6,8-9H2. The largest absolute Gasteiger partial charge is 0.493 e. The summed E-state index contributed by atoms with van der Waals surface area (Å²) in [5.74, 6) is 2.09. The topological polar surface area (TPSA) is 22.1 Å². The van der Waals surface area contributed by atoms with E-state index in [1.807, 2.05) is 30.3 Å². The van der Waals surface area contributed by atoms with Crippen LogP contribution in [0.3, 0.4) is 0 Å². The Hall–Kier alpha value is -1.28. The zero-order chi connectivity index (χ0) is 11.7. The van der Waals surface area contributed by atoms with Gasteiger partial charge in [-0.3, -0.25) is 4.98 Å². The summed E-state index contributed by atoms with van der Waals surface area (Å²) in [5.41, 5.74) is 1.83. The Balaban J connectivity index is 1.99. The van der Waals surface area contributed by atoms with Gasteiger partial charge in [-0.05, 0) is 30.9 Å². The smallest absolute Gasteiger partial charge is 0.130 e. The molecule has 1 aliphatic carbocycles. The maximum atomic E-state index is 5.89. The normalized spacial score (nSPS) is 15.1. The monoisotopic (exact) mass is 247 g/mol. The van der Waals surface area contributed by atoms with Gasteiger partial charge in [-0.25, -0.2) is 0 Å². The number of rotatable bonds is 4. The first-order valence-corrected chi connectivity index (χ1v) is 6.47. The first-order valence-electron chi connectivity index (χ1n) is 5.94. The number of halogens is 1. The van der Waals surface area contributed by atoms with Crippen molar-refractivity contribution in [3.8, 4) is 5.75 Å². The minimum absolute atomic E-state index is 0.421. The molecule has 3 heteroatoms. The molecule has 1 fully saturated rings. The molecule has 1 heterocycles. The van der Waals surface area contributed by atoms with Crippen LogP contribution in [0.5, 0.6) is 5.75 Å². The van der Waals surface area contributed by atoms with Gasteiger partial charge in [0, 0.05) is 11.5 Å². The van der Waals surface area contributed by atoms with Crippen molar-refractivity contribution in [2.75, 3.05) is 6.61 Å². The Morgan fingerprint density at radius 1 is 1.29 bits per heavy atom. The summed E-state index contributed by atoms with van der Waals surface area (Å²) in [7, 11) is 0. The maximum absolute atomic E-state index is 5.89. The first-order chi connectivity index (χ1) is 8.36. The second kappa shape index (κ2) is 4.53. The number of aromatic nitrogens is 1. The van der Waals surface area contributed by atoms with Crippen LogP contribution in [-0.4, -0.2) is 11.6 Å². The molecule has 0 atom stereocenters. The number of benzene rings is 1. The average molecular weight is 248 g/mol. The van der Waals surface area contributed by atoms with Gasteiger partial charge in [0.05, 0.1) is 23.7 Å². The quantitative estimate of drug-likeness (QED) is 0.768. The summed E-state index contributed by atoms with van der Waals surface area (Å²) < 4.78 is 5.89. The molecule has 0 aliphatic heterocycles. The fourth-order valence-corrected chi connectivity index (χ4v) is 2.01. The number of pyridine rings is 1. The van der Waals surface area contributed by atoms with E-state index in [1.165, 1.54) is 12.8 Å².